The van der Waals surface area contributed by atoms with Gasteiger partial charge in [0.1, 0.15) is 0 Å². The molecule has 1 aromatic carbocycles. The largest absolute Gasteiger partial charge is 0.274 e. The first-order valence-corrected chi connectivity index (χ1v) is 4.60. The van der Waals surface area contributed by atoms with Crippen LogP contribution in [0.25, 0.3) is 10.9 Å². The minimum atomic E-state index is -0.365. The average molecular weight is 202 g/mol. The lowest BCUT2D eigenvalue weighted by Gasteiger charge is -2.04. The van der Waals surface area contributed by atoms with Gasteiger partial charge in [-0.1, -0.05) is 6.07 Å². The van der Waals surface area contributed by atoms with Gasteiger partial charge in [-0.15, -0.1) is 0 Å². The minimum Gasteiger partial charge on any atom is -0.258 e. The summed E-state index contributed by atoms with van der Waals surface area (Å²) in [4.78, 5) is 14.6. The lowest BCUT2D eigenvalue weighted by atomic mass is 10.0. The van der Waals surface area contributed by atoms with Crippen molar-refractivity contribution in [3.05, 3.63) is 45.6 Å². The molecule has 2 aromatic rings. The third kappa shape index (κ3) is 1.44. The number of nitro benzene ring substituents is 1. The van der Waals surface area contributed by atoms with Crippen molar-refractivity contribution in [2.45, 2.75) is 13.8 Å². The molecule has 4 heteroatoms. The highest BCUT2D eigenvalue weighted by atomic mass is 16.6. The topological polar surface area (TPSA) is 56.0 Å². The Bertz CT molecular complexity index is 550. The summed E-state index contributed by atoms with van der Waals surface area (Å²) in [6.07, 6.45) is 1.65. The van der Waals surface area contributed by atoms with Gasteiger partial charge in [0.05, 0.1) is 16.0 Å². The van der Waals surface area contributed by atoms with Crippen LogP contribution < -0.4 is 0 Å². The molecule has 1 aromatic heterocycles. The van der Waals surface area contributed by atoms with E-state index in [0.717, 1.165) is 10.9 Å². The predicted octanol–water partition coefficient (Wildman–Crippen LogP) is 2.76. The fraction of sp³-hybridized carbons (Fsp3) is 0.182. The molecule has 15 heavy (non-hydrogen) atoms. The zero-order valence-corrected chi connectivity index (χ0v) is 8.52. The minimum absolute atomic E-state index is 0.138. The molecule has 0 aliphatic rings. The zero-order valence-electron chi connectivity index (χ0n) is 8.52. The van der Waals surface area contributed by atoms with Crippen molar-refractivity contribution in [3.8, 4) is 0 Å². The first kappa shape index (κ1) is 9.58. The number of aryl methyl sites for hydroxylation is 2. The molecule has 2 rings (SSSR count). The molecule has 4 nitrogen and oxygen atoms in total. The average Bonchev–Trinajstić information content (AvgIpc) is 2.23. The van der Waals surface area contributed by atoms with Crippen LogP contribution in [0.1, 0.15) is 11.1 Å². The number of nitro groups is 1. The van der Waals surface area contributed by atoms with Crippen LogP contribution in [0.3, 0.4) is 0 Å². The van der Waals surface area contributed by atoms with E-state index in [2.05, 4.69) is 4.98 Å². The van der Waals surface area contributed by atoms with Crippen LogP contribution in [0.15, 0.2) is 24.4 Å². The summed E-state index contributed by atoms with van der Waals surface area (Å²) in [7, 11) is 0. The van der Waals surface area contributed by atoms with Gasteiger partial charge < -0.3 is 0 Å². The maximum Gasteiger partial charge on any atom is 0.274 e. The standard InChI is InChI=1S/C11H10N2O2/c1-7-6-10(13(14)15)8(2)11-9(7)4-3-5-12-11/h3-6H,1-2H3. The Kier molecular flexibility index (Phi) is 2.11. The number of hydrogen-bond donors (Lipinski definition) is 0. The second-order valence-electron chi connectivity index (χ2n) is 3.49. The maximum absolute atomic E-state index is 10.8. The Hall–Kier alpha value is -1.97. The molecule has 0 fully saturated rings. The van der Waals surface area contributed by atoms with Crippen molar-refractivity contribution in [1.29, 1.82) is 0 Å². The predicted molar refractivity (Wildman–Crippen MR) is 57.9 cm³/mol. The summed E-state index contributed by atoms with van der Waals surface area (Å²) in [6, 6.07) is 5.36. The van der Waals surface area contributed by atoms with Gasteiger partial charge in [0.15, 0.2) is 0 Å². The van der Waals surface area contributed by atoms with Crippen LogP contribution in [-0.4, -0.2) is 9.91 Å². The van der Waals surface area contributed by atoms with Gasteiger partial charge in [0.2, 0.25) is 0 Å². The lowest BCUT2D eigenvalue weighted by Crippen LogP contribution is -1.95. The van der Waals surface area contributed by atoms with Crippen molar-refractivity contribution >= 4 is 16.6 Å². The third-order valence-corrected chi connectivity index (χ3v) is 2.52. The Morgan fingerprint density at radius 1 is 1.40 bits per heavy atom. The summed E-state index contributed by atoms with van der Waals surface area (Å²) >= 11 is 0. The Morgan fingerprint density at radius 3 is 2.80 bits per heavy atom. The highest BCUT2D eigenvalue weighted by Crippen LogP contribution is 2.28. The number of aromatic nitrogens is 1. The van der Waals surface area contributed by atoms with E-state index in [-0.39, 0.29) is 10.6 Å². The van der Waals surface area contributed by atoms with E-state index in [4.69, 9.17) is 0 Å². The Morgan fingerprint density at radius 2 is 2.13 bits per heavy atom. The second-order valence-corrected chi connectivity index (χ2v) is 3.49. The first-order chi connectivity index (χ1) is 7.11. The van der Waals surface area contributed by atoms with E-state index in [1.54, 1.807) is 19.2 Å². The summed E-state index contributed by atoms with van der Waals surface area (Å²) in [6.45, 7) is 3.59. The number of fused-ring (bicyclic) bond motifs is 1. The fourth-order valence-electron chi connectivity index (χ4n) is 1.72. The smallest absolute Gasteiger partial charge is 0.258 e. The Labute approximate surface area is 86.7 Å². The van der Waals surface area contributed by atoms with E-state index < -0.39 is 0 Å². The molecule has 0 N–H and O–H groups in total. The zero-order chi connectivity index (χ0) is 11.0. The molecule has 76 valence electrons. The molecule has 0 amide bonds. The van der Waals surface area contributed by atoms with Crippen LogP contribution in [0.5, 0.6) is 0 Å². The number of nitrogens with zero attached hydrogens (tertiary/aromatic N) is 2. The highest BCUT2D eigenvalue weighted by Gasteiger charge is 2.15. The quantitative estimate of drug-likeness (QED) is 0.527. The normalized spacial score (nSPS) is 10.5. The number of pyridine rings is 1. The van der Waals surface area contributed by atoms with Crippen molar-refractivity contribution in [1.82, 2.24) is 4.98 Å². The van der Waals surface area contributed by atoms with Crippen LogP contribution in [0.4, 0.5) is 5.69 Å². The van der Waals surface area contributed by atoms with E-state index in [1.807, 2.05) is 19.1 Å². The number of hydrogen-bond acceptors (Lipinski definition) is 3. The van der Waals surface area contributed by atoms with Crippen LogP contribution >= 0.6 is 0 Å². The van der Waals surface area contributed by atoms with Crippen LogP contribution in [0.2, 0.25) is 0 Å². The van der Waals surface area contributed by atoms with Crippen molar-refractivity contribution in [2.75, 3.05) is 0 Å². The molecule has 0 spiro atoms. The van der Waals surface area contributed by atoms with Gasteiger partial charge in [-0.25, -0.2) is 0 Å². The molecule has 0 unspecified atom stereocenters. The van der Waals surface area contributed by atoms with E-state index >= 15 is 0 Å². The van der Waals surface area contributed by atoms with E-state index in [1.165, 1.54) is 0 Å². The monoisotopic (exact) mass is 202 g/mol. The van der Waals surface area contributed by atoms with Gasteiger partial charge >= 0.3 is 0 Å². The molecule has 0 saturated heterocycles. The molecule has 0 atom stereocenters. The van der Waals surface area contributed by atoms with Crippen LogP contribution in [-0.2, 0) is 0 Å². The molecule has 0 aliphatic heterocycles. The van der Waals surface area contributed by atoms with Gasteiger partial charge in [0.25, 0.3) is 5.69 Å². The third-order valence-electron chi connectivity index (χ3n) is 2.52. The molecule has 1 heterocycles. The summed E-state index contributed by atoms with van der Waals surface area (Å²) in [5.74, 6) is 0. The molecule has 0 aliphatic carbocycles. The second kappa shape index (κ2) is 3.31. The summed E-state index contributed by atoms with van der Waals surface area (Å²) in [5, 5.41) is 11.8. The van der Waals surface area contributed by atoms with Crippen molar-refractivity contribution < 1.29 is 4.92 Å². The molecule has 0 saturated carbocycles. The van der Waals surface area contributed by atoms with Gasteiger partial charge in [-0.2, -0.15) is 0 Å². The number of benzene rings is 1. The molecular weight excluding hydrogens is 192 g/mol. The van der Waals surface area contributed by atoms with Crippen molar-refractivity contribution in [3.63, 3.8) is 0 Å². The lowest BCUT2D eigenvalue weighted by molar-refractivity contribution is -0.385. The maximum atomic E-state index is 10.8. The van der Waals surface area contributed by atoms with Gasteiger partial charge in [-0.3, -0.25) is 15.1 Å². The van der Waals surface area contributed by atoms with Gasteiger partial charge in [-0.05, 0) is 25.5 Å². The first-order valence-electron chi connectivity index (χ1n) is 4.60. The highest BCUT2D eigenvalue weighted by molar-refractivity contribution is 5.87. The summed E-state index contributed by atoms with van der Waals surface area (Å²) in [5.41, 5.74) is 2.36. The molecule has 0 radical (unpaired) electrons. The molecular formula is C11H10N2O2. The number of rotatable bonds is 1. The fourth-order valence-corrected chi connectivity index (χ4v) is 1.72. The van der Waals surface area contributed by atoms with Crippen LogP contribution in [0, 0.1) is 24.0 Å². The van der Waals surface area contributed by atoms with Gasteiger partial charge in [0, 0.05) is 17.6 Å². The SMILES string of the molecule is Cc1cc([N+](=O)[O-])c(C)c2ncccc12. The van der Waals surface area contributed by atoms with E-state index in [9.17, 15) is 10.1 Å². The van der Waals surface area contributed by atoms with E-state index in [0.29, 0.717) is 11.1 Å². The Balaban J connectivity index is 2.90. The molecule has 0 bridgehead atoms. The summed E-state index contributed by atoms with van der Waals surface area (Å²) < 4.78 is 0. The van der Waals surface area contributed by atoms with Crippen molar-refractivity contribution in [2.24, 2.45) is 0 Å².